The van der Waals surface area contributed by atoms with E-state index >= 15 is 0 Å². The molecule has 4 aromatic rings. The van der Waals surface area contributed by atoms with Crippen molar-refractivity contribution >= 4 is 33.9 Å². The number of benzene rings is 3. The normalized spacial score (nSPS) is 16.8. The lowest BCUT2D eigenvalue weighted by Gasteiger charge is -2.24. The molecular formula is C32H28ClFN8. The Bertz CT molecular complexity index is 1770. The largest absolute Gasteiger partial charge is 0.377 e. The monoisotopic (exact) mass is 579 g/mol. The molecule has 8 nitrogen and oxygen atoms in total. The zero-order valence-electron chi connectivity index (χ0n) is 23.5. The molecule has 1 saturated carbocycles. The fourth-order valence-electron chi connectivity index (χ4n) is 5.02. The van der Waals surface area contributed by atoms with Crippen molar-refractivity contribution < 1.29 is 5.76 Å². The van der Waals surface area contributed by atoms with Gasteiger partial charge in [-0.1, -0.05) is 54.1 Å². The molecule has 0 amide bonds. The highest BCUT2D eigenvalue weighted by Gasteiger charge is 2.32. The Kier molecular flexibility index (Phi) is 7.43. The minimum Gasteiger partial charge on any atom is -0.377 e. The minimum atomic E-state index is -1.56. The first-order valence-electron chi connectivity index (χ1n) is 14.2. The third-order valence-electron chi connectivity index (χ3n) is 7.31. The summed E-state index contributed by atoms with van der Waals surface area (Å²) in [7, 11) is 0. The zero-order chi connectivity index (χ0) is 30.0. The van der Waals surface area contributed by atoms with Crippen molar-refractivity contribution in [3.63, 3.8) is 0 Å². The van der Waals surface area contributed by atoms with Gasteiger partial charge in [-0.3, -0.25) is 9.99 Å². The van der Waals surface area contributed by atoms with E-state index in [0.717, 1.165) is 18.4 Å². The van der Waals surface area contributed by atoms with E-state index in [1.165, 1.54) is 18.3 Å². The number of hydrazine groups is 2. The highest BCUT2D eigenvalue weighted by Crippen LogP contribution is 2.38. The fourth-order valence-corrected chi connectivity index (χ4v) is 5.29. The highest BCUT2D eigenvalue weighted by atomic mass is 35.5. The number of nitrogens with one attached hydrogen (secondary N) is 4. The number of anilines is 2. The number of hydrogen-bond donors (Lipinski definition) is 4. The lowest BCUT2D eigenvalue weighted by Crippen LogP contribution is -2.38. The third kappa shape index (κ3) is 5.80. The highest BCUT2D eigenvalue weighted by molar-refractivity contribution is 6.35. The van der Waals surface area contributed by atoms with Crippen molar-refractivity contribution in [2.24, 2.45) is 0 Å². The molecule has 210 valence electrons. The maximum absolute atomic E-state index is 13.9. The number of rotatable bonds is 10. The van der Waals surface area contributed by atoms with E-state index in [0.29, 0.717) is 63.0 Å². The van der Waals surface area contributed by atoms with Gasteiger partial charge in [0.1, 0.15) is 11.9 Å². The van der Waals surface area contributed by atoms with Crippen LogP contribution in [0.1, 0.15) is 55.8 Å². The van der Waals surface area contributed by atoms with Crippen LogP contribution < -0.4 is 21.6 Å². The van der Waals surface area contributed by atoms with Gasteiger partial charge in [0, 0.05) is 35.9 Å². The average molecular weight is 580 g/mol. The van der Waals surface area contributed by atoms with E-state index < -0.39 is 11.8 Å². The predicted octanol–water partition coefficient (Wildman–Crippen LogP) is 6.84. The van der Waals surface area contributed by atoms with Crippen LogP contribution in [0.2, 0.25) is 5.02 Å². The third-order valence-corrected chi connectivity index (χ3v) is 7.60. The molecule has 1 aromatic heterocycles. The topological polar surface area (TPSA) is 112 Å². The maximum Gasteiger partial charge on any atom is 0.123 e. The fraction of sp³-hybridized carbons (Fsp3) is 0.219. The summed E-state index contributed by atoms with van der Waals surface area (Å²) in [5, 5.41) is 29.0. The molecular weight excluding hydrogens is 551 g/mol. The molecule has 0 spiro atoms. The summed E-state index contributed by atoms with van der Waals surface area (Å²) in [4.78, 5) is 4.47. The number of nitriles is 2. The second kappa shape index (κ2) is 12.0. The van der Waals surface area contributed by atoms with E-state index in [4.69, 9.17) is 11.6 Å². The van der Waals surface area contributed by atoms with Crippen LogP contribution >= 0.6 is 11.6 Å². The summed E-state index contributed by atoms with van der Waals surface area (Å²) in [6.45, 7) is 0. The van der Waals surface area contributed by atoms with E-state index in [9.17, 15) is 16.3 Å². The van der Waals surface area contributed by atoms with Crippen LogP contribution in [0, 0.1) is 28.5 Å². The van der Waals surface area contributed by atoms with Crippen LogP contribution in [0.4, 0.5) is 15.8 Å². The SMILES string of the molecule is [2H][C@](Nc1cc(Cl)c2ncc(C#N)c(NC(CCC#N)c3ccccc3)c2c1)(C1=CN(C2CC2)NN1)c1ccc(F)cc1. The Hall–Kier alpha value is -4.83. The quantitative estimate of drug-likeness (QED) is 0.162. The first kappa shape index (κ1) is 26.1. The first-order chi connectivity index (χ1) is 20.9. The van der Waals surface area contributed by atoms with Crippen molar-refractivity contribution in [2.45, 2.75) is 43.8 Å². The van der Waals surface area contributed by atoms with Gasteiger partial charge < -0.3 is 16.1 Å². The molecule has 1 aliphatic heterocycles. The number of aromatic nitrogens is 1. The molecule has 4 N–H and O–H groups in total. The van der Waals surface area contributed by atoms with Crippen molar-refractivity contribution in [2.75, 3.05) is 10.6 Å². The Labute approximate surface area is 249 Å². The molecule has 0 saturated heterocycles. The molecule has 2 aliphatic rings. The Morgan fingerprint density at radius 1 is 1.10 bits per heavy atom. The Morgan fingerprint density at radius 2 is 1.88 bits per heavy atom. The molecule has 1 unspecified atom stereocenters. The molecule has 10 heteroatoms. The second-order valence-electron chi connectivity index (χ2n) is 10.2. The minimum absolute atomic E-state index is 0.254. The van der Waals surface area contributed by atoms with Gasteiger partial charge in [0.15, 0.2) is 0 Å². The van der Waals surface area contributed by atoms with E-state index in [1.807, 2.05) is 41.5 Å². The van der Waals surface area contributed by atoms with Gasteiger partial charge in [-0.25, -0.2) is 4.39 Å². The van der Waals surface area contributed by atoms with Crippen molar-refractivity contribution in [3.8, 4) is 12.1 Å². The van der Waals surface area contributed by atoms with Crippen molar-refractivity contribution in [1.29, 1.82) is 10.5 Å². The smallest absolute Gasteiger partial charge is 0.123 e. The van der Waals surface area contributed by atoms with Crippen LogP contribution in [-0.2, 0) is 0 Å². The lowest BCUT2D eigenvalue weighted by atomic mass is 10.00. The van der Waals surface area contributed by atoms with Gasteiger partial charge >= 0.3 is 0 Å². The molecule has 1 aliphatic carbocycles. The lowest BCUT2D eigenvalue weighted by molar-refractivity contribution is 0.260. The number of fused-ring (bicyclic) bond motifs is 1. The van der Waals surface area contributed by atoms with Crippen LogP contribution in [0.15, 0.2) is 84.8 Å². The zero-order valence-corrected chi connectivity index (χ0v) is 23.3. The average Bonchev–Trinajstić information content (AvgIpc) is 3.75. The molecule has 2 atom stereocenters. The van der Waals surface area contributed by atoms with Gasteiger partial charge in [-0.05, 0) is 54.7 Å². The van der Waals surface area contributed by atoms with Crippen molar-refractivity contribution in [1.82, 2.24) is 21.0 Å². The number of nitrogens with zero attached hydrogens (tertiary/aromatic N) is 4. The summed E-state index contributed by atoms with van der Waals surface area (Å²) in [5.74, 6) is -0.402. The Balaban J connectivity index is 1.44. The van der Waals surface area contributed by atoms with Crippen LogP contribution in [0.25, 0.3) is 10.9 Å². The second-order valence-corrected chi connectivity index (χ2v) is 10.6. The molecule has 42 heavy (non-hydrogen) atoms. The Morgan fingerprint density at radius 3 is 2.60 bits per heavy atom. The standard InChI is InChI=1S/C32H28ClFN8/c33-27-16-24(38-31(21-8-10-23(34)11-9-21)29-19-42(41-40-29)25-12-13-25)15-26-30(22(17-36)18-37-32(26)27)39-28(7-4-14-35)20-5-2-1-3-6-20/h1-3,5-6,8-11,15-16,18-19,25,28,31,38,40-41H,4,7,12-13H2,(H,37,39)/t28?,31-/m1/s1/i31D. The number of pyridine rings is 1. The van der Waals surface area contributed by atoms with E-state index in [2.05, 4.69) is 38.7 Å². The predicted molar refractivity (Wildman–Crippen MR) is 161 cm³/mol. The van der Waals surface area contributed by atoms with E-state index in [-0.39, 0.29) is 6.04 Å². The summed E-state index contributed by atoms with van der Waals surface area (Å²) in [6.07, 6.45) is 6.27. The van der Waals surface area contributed by atoms with Gasteiger partial charge in [0.2, 0.25) is 0 Å². The number of halogens is 2. The molecule has 6 rings (SSSR count). The van der Waals surface area contributed by atoms with Gasteiger partial charge in [0.25, 0.3) is 0 Å². The van der Waals surface area contributed by atoms with Crippen LogP contribution in [-0.4, -0.2) is 16.0 Å². The molecule has 2 heterocycles. The van der Waals surface area contributed by atoms with Crippen LogP contribution in [0.5, 0.6) is 0 Å². The molecule has 0 radical (unpaired) electrons. The summed E-state index contributed by atoms with van der Waals surface area (Å²) < 4.78 is 23.5. The molecule has 3 aromatic carbocycles. The van der Waals surface area contributed by atoms with Crippen LogP contribution in [0.3, 0.4) is 0 Å². The number of hydrogen-bond acceptors (Lipinski definition) is 8. The van der Waals surface area contributed by atoms with Gasteiger partial charge in [-0.2, -0.15) is 10.5 Å². The van der Waals surface area contributed by atoms with Gasteiger partial charge in [-0.15, -0.1) is 5.53 Å². The molecule has 1 fully saturated rings. The van der Waals surface area contributed by atoms with E-state index in [1.54, 1.807) is 24.3 Å². The maximum atomic E-state index is 13.9. The summed E-state index contributed by atoms with van der Waals surface area (Å²) in [6, 6.07) is 22.0. The summed E-state index contributed by atoms with van der Waals surface area (Å²) >= 11 is 6.78. The van der Waals surface area contributed by atoms with Crippen molar-refractivity contribution in [3.05, 3.63) is 112 Å². The van der Waals surface area contributed by atoms with Gasteiger partial charge in [0.05, 0.1) is 47.0 Å². The summed E-state index contributed by atoms with van der Waals surface area (Å²) in [5.41, 5.74) is 10.1. The molecule has 0 bridgehead atoms. The first-order valence-corrected chi connectivity index (χ1v) is 14.0.